The Hall–Kier alpha value is -3.24. The molecule has 3 unspecified atom stereocenters. The molecule has 32 heavy (non-hydrogen) atoms. The Bertz CT molecular complexity index is 1140. The molecule has 2 amide bonds. The molecule has 0 aromatic heterocycles. The van der Waals surface area contributed by atoms with Gasteiger partial charge in [0.2, 0.25) is 11.8 Å². The number of fused-ring (bicyclic) bond motifs is 3. The maximum absolute atomic E-state index is 14.9. The van der Waals surface area contributed by atoms with Crippen LogP contribution in [0.5, 0.6) is 0 Å². The quantitative estimate of drug-likeness (QED) is 0.761. The second-order valence-electron chi connectivity index (χ2n) is 9.09. The van der Waals surface area contributed by atoms with Crippen molar-refractivity contribution in [3.8, 4) is 17.2 Å². The number of anilines is 1. The van der Waals surface area contributed by atoms with Crippen LogP contribution in [0.25, 0.3) is 11.1 Å². The highest BCUT2D eigenvalue weighted by molar-refractivity contribution is 6.01. The minimum atomic E-state index is -0.788. The Morgan fingerprint density at radius 2 is 2.06 bits per heavy atom. The van der Waals surface area contributed by atoms with Gasteiger partial charge >= 0.3 is 0 Å². The Morgan fingerprint density at radius 3 is 2.75 bits per heavy atom. The number of carbonyl (C=O) groups is 2. The number of nitrogens with zero attached hydrogens (tertiary/aromatic N) is 2. The van der Waals surface area contributed by atoms with E-state index in [1.54, 1.807) is 18.0 Å². The summed E-state index contributed by atoms with van der Waals surface area (Å²) in [7, 11) is 1.74. The van der Waals surface area contributed by atoms with Crippen LogP contribution >= 0.6 is 0 Å². The Kier molecular flexibility index (Phi) is 5.18. The van der Waals surface area contributed by atoms with Crippen molar-refractivity contribution < 1.29 is 14.0 Å². The van der Waals surface area contributed by atoms with Crippen molar-refractivity contribution in [3.05, 3.63) is 53.3 Å². The number of carbonyl (C=O) groups excluding carboxylic acids is 2. The number of hydrogen-bond donors (Lipinski definition) is 2. The van der Waals surface area contributed by atoms with Gasteiger partial charge in [-0.2, -0.15) is 5.26 Å². The fourth-order valence-electron chi connectivity index (χ4n) is 5.27. The van der Waals surface area contributed by atoms with Gasteiger partial charge in [0, 0.05) is 25.2 Å². The summed E-state index contributed by atoms with van der Waals surface area (Å²) >= 11 is 0. The van der Waals surface area contributed by atoms with Gasteiger partial charge in [0.15, 0.2) is 0 Å². The van der Waals surface area contributed by atoms with Gasteiger partial charge in [-0.25, -0.2) is 4.39 Å². The Balaban J connectivity index is 1.29. The molecule has 2 aliphatic heterocycles. The molecule has 2 aromatic carbocycles. The molecule has 0 spiro atoms. The molecule has 3 aliphatic rings. The Morgan fingerprint density at radius 1 is 1.28 bits per heavy atom. The summed E-state index contributed by atoms with van der Waals surface area (Å²) in [5.74, 6) is -0.210. The fraction of sp³-hybridized carbons (Fsp3) is 0.400. The van der Waals surface area contributed by atoms with E-state index in [-0.39, 0.29) is 24.3 Å². The van der Waals surface area contributed by atoms with Crippen LogP contribution in [0.3, 0.4) is 0 Å². The maximum Gasteiger partial charge on any atom is 0.238 e. The SMILES string of the molecule is CN1C(=O)Cc2ccc(-c3ccc(C[C@@H](C#N)NC(=O)C4NC5CCC4C5)c(F)c3)cc21. The lowest BCUT2D eigenvalue weighted by atomic mass is 9.97. The molecule has 2 heterocycles. The third-order valence-electron chi connectivity index (χ3n) is 7.09. The van der Waals surface area contributed by atoms with Crippen LogP contribution in [-0.2, 0) is 22.4 Å². The molecule has 1 saturated carbocycles. The van der Waals surface area contributed by atoms with Crippen LogP contribution < -0.4 is 15.5 Å². The number of nitrogens with one attached hydrogen (secondary N) is 2. The minimum absolute atomic E-state index is 0.0453. The van der Waals surface area contributed by atoms with E-state index in [1.165, 1.54) is 6.07 Å². The summed E-state index contributed by atoms with van der Waals surface area (Å²) in [6.45, 7) is 0. The molecule has 4 atom stereocenters. The van der Waals surface area contributed by atoms with E-state index in [0.29, 0.717) is 29.5 Å². The zero-order valence-electron chi connectivity index (χ0n) is 17.9. The van der Waals surface area contributed by atoms with E-state index >= 15 is 0 Å². The number of amides is 2. The number of hydrogen-bond acceptors (Lipinski definition) is 4. The summed E-state index contributed by atoms with van der Waals surface area (Å²) in [4.78, 5) is 26.1. The molecule has 7 heteroatoms. The average Bonchev–Trinajstić information content (AvgIpc) is 3.50. The first-order chi connectivity index (χ1) is 15.4. The number of rotatable bonds is 5. The molecule has 0 radical (unpaired) electrons. The lowest BCUT2D eigenvalue weighted by Crippen LogP contribution is -2.50. The molecule has 6 nitrogen and oxygen atoms in total. The monoisotopic (exact) mass is 432 g/mol. The van der Waals surface area contributed by atoms with Crippen LogP contribution in [0.15, 0.2) is 36.4 Å². The van der Waals surface area contributed by atoms with Crippen molar-refractivity contribution in [2.75, 3.05) is 11.9 Å². The third kappa shape index (κ3) is 3.65. The third-order valence-corrected chi connectivity index (χ3v) is 7.09. The van der Waals surface area contributed by atoms with Crippen molar-refractivity contribution in [2.24, 2.45) is 5.92 Å². The van der Waals surface area contributed by atoms with Gasteiger partial charge in [-0.05, 0) is 59.6 Å². The van der Waals surface area contributed by atoms with Crippen LogP contribution in [0.4, 0.5) is 10.1 Å². The normalized spacial score (nSPS) is 24.3. The summed E-state index contributed by atoms with van der Waals surface area (Å²) in [6.07, 6.45) is 3.65. The lowest BCUT2D eigenvalue weighted by Gasteiger charge is -2.23. The first-order valence-electron chi connectivity index (χ1n) is 11.1. The number of piperidine rings is 1. The van der Waals surface area contributed by atoms with E-state index in [9.17, 15) is 19.2 Å². The van der Waals surface area contributed by atoms with Gasteiger partial charge in [-0.15, -0.1) is 0 Å². The zero-order chi connectivity index (χ0) is 22.4. The van der Waals surface area contributed by atoms with Crippen LogP contribution in [0.1, 0.15) is 30.4 Å². The van der Waals surface area contributed by atoms with Crippen LogP contribution in [-0.4, -0.2) is 37.0 Å². The van der Waals surface area contributed by atoms with Crippen LogP contribution in [0.2, 0.25) is 0 Å². The Labute approximate surface area is 186 Å². The van der Waals surface area contributed by atoms with Crippen molar-refractivity contribution in [2.45, 2.75) is 50.2 Å². The number of nitriles is 1. The number of likely N-dealkylation sites (N-methyl/N-ethyl adjacent to an activating group) is 1. The van der Waals surface area contributed by atoms with Crippen molar-refractivity contribution in [1.29, 1.82) is 5.26 Å². The number of halogens is 1. The van der Waals surface area contributed by atoms with E-state index in [2.05, 4.69) is 16.7 Å². The molecular weight excluding hydrogens is 407 g/mol. The van der Waals surface area contributed by atoms with Gasteiger partial charge in [-0.3, -0.25) is 9.59 Å². The van der Waals surface area contributed by atoms with Gasteiger partial charge in [0.05, 0.1) is 18.5 Å². The average molecular weight is 432 g/mol. The summed E-state index contributed by atoms with van der Waals surface area (Å²) in [5.41, 5.74) is 3.72. The molecule has 2 N–H and O–H groups in total. The van der Waals surface area contributed by atoms with Gasteiger partial charge in [-0.1, -0.05) is 24.3 Å². The predicted molar refractivity (Wildman–Crippen MR) is 118 cm³/mol. The van der Waals surface area contributed by atoms with Gasteiger partial charge < -0.3 is 15.5 Å². The molecule has 5 rings (SSSR count). The van der Waals surface area contributed by atoms with E-state index in [0.717, 1.165) is 36.1 Å². The molecule has 2 aromatic rings. The predicted octanol–water partition coefficient (Wildman–Crippen LogP) is 2.70. The maximum atomic E-state index is 14.9. The highest BCUT2D eigenvalue weighted by Crippen LogP contribution is 2.35. The van der Waals surface area contributed by atoms with Crippen LogP contribution in [0, 0.1) is 23.1 Å². The fourth-order valence-corrected chi connectivity index (χ4v) is 5.27. The van der Waals surface area contributed by atoms with Gasteiger partial charge in [0.25, 0.3) is 0 Å². The smallest absolute Gasteiger partial charge is 0.238 e. The molecule has 1 saturated heterocycles. The van der Waals surface area contributed by atoms with Gasteiger partial charge in [0.1, 0.15) is 11.9 Å². The minimum Gasteiger partial charge on any atom is -0.339 e. The summed E-state index contributed by atoms with van der Waals surface area (Å²) < 4.78 is 14.9. The second kappa shape index (κ2) is 8.03. The van der Waals surface area contributed by atoms with Crippen molar-refractivity contribution in [3.63, 3.8) is 0 Å². The standard InChI is InChI=1S/C25H25FN4O2/c1-30-22-11-15(3-5-17(22)12-23(30)31)14-2-4-16(21(26)10-14)8-20(13-27)29-25(32)24-18-6-7-19(9-18)28-24/h2-5,10-11,18-20,24,28H,6-9,12H2,1H3,(H,29,32)/t18?,19?,20-,24?/m0/s1. The van der Waals surface area contributed by atoms with Crippen molar-refractivity contribution in [1.82, 2.24) is 10.6 Å². The molecule has 2 fully saturated rings. The molecular formula is C25H25FN4O2. The molecule has 164 valence electrons. The first kappa shape index (κ1) is 20.7. The zero-order valence-corrected chi connectivity index (χ0v) is 17.9. The summed E-state index contributed by atoms with van der Waals surface area (Å²) in [6, 6.07) is 12.1. The van der Waals surface area contributed by atoms with E-state index in [1.807, 2.05) is 24.3 Å². The second-order valence-corrected chi connectivity index (χ2v) is 9.09. The molecule has 2 bridgehead atoms. The van der Waals surface area contributed by atoms with Crippen molar-refractivity contribution >= 4 is 17.5 Å². The summed E-state index contributed by atoms with van der Waals surface area (Å²) in [5, 5.41) is 15.6. The first-order valence-corrected chi connectivity index (χ1v) is 11.1. The van der Waals surface area contributed by atoms with E-state index < -0.39 is 11.9 Å². The van der Waals surface area contributed by atoms with E-state index in [4.69, 9.17) is 0 Å². The highest BCUT2D eigenvalue weighted by atomic mass is 19.1. The lowest BCUT2D eigenvalue weighted by molar-refractivity contribution is -0.124. The largest absolute Gasteiger partial charge is 0.339 e. The molecule has 1 aliphatic carbocycles. The topological polar surface area (TPSA) is 85.2 Å². The highest BCUT2D eigenvalue weighted by Gasteiger charge is 2.43. The number of benzene rings is 2.